The number of halogens is 1. The molecule has 0 amide bonds. The smallest absolute Gasteiger partial charge is 0.198 e. The number of ether oxygens (including phenoxy) is 1. The van der Waals surface area contributed by atoms with E-state index in [1.165, 1.54) is 18.4 Å². The highest BCUT2D eigenvalue weighted by Gasteiger charge is 2.48. The second kappa shape index (κ2) is 8.55. The lowest BCUT2D eigenvalue weighted by Crippen LogP contribution is -2.40. The van der Waals surface area contributed by atoms with Crippen LogP contribution in [0.2, 0.25) is 5.02 Å². The van der Waals surface area contributed by atoms with Gasteiger partial charge >= 0.3 is 0 Å². The van der Waals surface area contributed by atoms with Gasteiger partial charge in [0, 0.05) is 28.7 Å². The topological polar surface area (TPSA) is 55.3 Å². The highest BCUT2D eigenvalue weighted by molar-refractivity contribution is 6.31. The number of hydrogen-bond donors (Lipinski definition) is 2. The number of nitrogens with one attached hydrogen (secondary N) is 2. The number of carbonyl (C=O) groups excluding carboxylic acids is 1. The van der Waals surface area contributed by atoms with Gasteiger partial charge in [-0.1, -0.05) is 41.9 Å². The standard InChI is InChI=1S/C27H30ClN3O2/c28-19-7-8-20-22(17-31(24(20)14-19)16-18-4-3-11-30-15-18)25(32)26-21-5-1-2-6-23(21)27(33-26)9-12-29-13-10-27/h1-2,5-8,14,17-18,26,29-30H,3-4,9-13,15-16H2/t18-,26+/m0/s1. The highest BCUT2D eigenvalue weighted by atomic mass is 35.5. The number of carbonyl (C=O) groups is 1. The number of rotatable bonds is 4. The van der Waals surface area contributed by atoms with Crippen LogP contribution in [0, 0.1) is 5.92 Å². The van der Waals surface area contributed by atoms with Gasteiger partial charge in [-0.05, 0) is 81.0 Å². The monoisotopic (exact) mass is 463 g/mol. The first kappa shape index (κ1) is 21.4. The summed E-state index contributed by atoms with van der Waals surface area (Å²) in [6.45, 7) is 4.80. The van der Waals surface area contributed by atoms with Crippen LogP contribution >= 0.6 is 11.6 Å². The van der Waals surface area contributed by atoms with Gasteiger partial charge in [0.25, 0.3) is 0 Å². The molecule has 0 bridgehead atoms. The summed E-state index contributed by atoms with van der Waals surface area (Å²) in [5, 5.41) is 8.58. The first-order chi connectivity index (χ1) is 16.1. The van der Waals surface area contributed by atoms with Crippen LogP contribution in [0.3, 0.4) is 0 Å². The lowest BCUT2D eigenvalue weighted by Gasteiger charge is -2.34. The number of benzene rings is 2. The molecular weight excluding hydrogens is 434 g/mol. The Kier molecular flexibility index (Phi) is 5.53. The fourth-order valence-corrected chi connectivity index (χ4v) is 6.18. The van der Waals surface area contributed by atoms with Gasteiger partial charge in [0.1, 0.15) is 6.10 Å². The molecule has 3 aliphatic heterocycles. The Hall–Kier alpha value is -2.18. The molecule has 3 aromatic rings. The molecule has 6 heteroatoms. The predicted molar refractivity (Wildman–Crippen MR) is 131 cm³/mol. The molecule has 0 aliphatic carbocycles. The second-order valence-electron chi connectivity index (χ2n) is 9.76. The van der Waals surface area contributed by atoms with Gasteiger partial charge in [-0.25, -0.2) is 0 Å². The number of piperidine rings is 2. The van der Waals surface area contributed by atoms with Gasteiger partial charge in [-0.2, -0.15) is 0 Å². The van der Waals surface area contributed by atoms with Crippen molar-refractivity contribution in [3.63, 3.8) is 0 Å². The maximum absolute atomic E-state index is 14.0. The van der Waals surface area contributed by atoms with E-state index >= 15 is 0 Å². The van der Waals surface area contributed by atoms with E-state index in [1.54, 1.807) is 0 Å². The first-order valence-corrected chi connectivity index (χ1v) is 12.5. The van der Waals surface area contributed by atoms with E-state index in [0.717, 1.165) is 67.6 Å². The van der Waals surface area contributed by atoms with Crippen LogP contribution in [0.25, 0.3) is 10.9 Å². The molecule has 1 spiro atoms. The van der Waals surface area contributed by atoms with E-state index in [4.69, 9.17) is 16.3 Å². The molecule has 3 aliphatic rings. The van der Waals surface area contributed by atoms with Crippen molar-refractivity contribution in [3.05, 3.63) is 70.4 Å². The van der Waals surface area contributed by atoms with E-state index < -0.39 is 6.10 Å². The molecule has 5 nitrogen and oxygen atoms in total. The minimum atomic E-state index is -0.564. The Morgan fingerprint density at radius 3 is 2.79 bits per heavy atom. The number of nitrogens with zero attached hydrogens (tertiary/aromatic N) is 1. The normalized spacial score (nSPS) is 24.3. The number of fused-ring (bicyclic) bond motifs is 3. The van der Waals surface area contributed by atoms with Crippen molar-refractivity contribution in [3.8, 4) is 0 Å². The van der Waals surface area contributed by atoms with Crippen molar-refractivity contribution < 1.29 is 9.53 Å². The summed E-state index contributed by atoms with van der Waals surface area (Å²) in [6.07, 6.45) is 5.65. The van der Waals surface area contributed by atoms with E-state index in [1.807, 2.05) is 30.5 Å². The third-order valence-electron chi connectivity index (χ3n) is 7.69. The van der Waals surface area contributed by atoms with E-state index in [-0.39, 0.29) is 11.4 Å². The lowest BCUT2D eigenvalue weighted by molar-refractivity contribution is -0.0805. The molecule has 33 heavy (non-hydrogen) atoms. The molecule has 2 atom stereocenters. The number of ketones is 1. The molecule has 0 radical (unpaired) electrons. The largest absolute Gasteiger partial charge is 0.354 e. The van der Waals surface area contributed by atoms with Gasteiger partial charge < -0.3 is 19.9 Å². The second-order valence-corrected chi connectivity index (χ2v) is 10.2. The summed E-state index contributed by atoms with van der Waals surface area (Å²) < 4.78 is 8.90. The fourth-order valence-electron chi connectivity index (χ4n) is 6.02. The molecule has 2 aromatic carbocycles. The van der Waals surface area contributed by atoms with Crippen LogP contribution in [0.1, 0.15) is 53.3 Å². The Labute approximate surface area is 199 Å². The molecule has 172 valence electrons. The number of Topliss-reactive ketones (excluding diaryl/α,β-unsaturated/α-hetero) is 1. The summed E-state index contributed by atoms with van der Waals surface area (Å²) in [4.78, 5) is 14.0. The first-order valence-electron chi connectivity index (χ1n) is 12.2. The number of aromatic nitrogens is 1. The average Bonchev–Trinajstić information content (AvgIpc) is 3.36. The van der Waals surface area contributed by atoms with Gasteiger partial charge in [-0.3, -0.25) is 4.79 Å². The summed E-state index contributed by atoms with van der Waals surface area (Å²) in [6, 6.07) is 14.1. The van der Waals surface area contributed by atoms with Crippen LogP contribution in [-0.2, 0) is 16.9 Å². The molecule has 4 heterocycles. The van der Waals surface area contributed by atoms with Gasteiger partial charge in [-0.15, -0.1) is 0 Å². The molecular formula is C27H30ClN3O2. The fraction of sp³-hybridized carbons (Fsp3) is 0.444. The van der Waals surface area contributed by atoms with Crippen molar-refractivity contribution >= 4 is 28.3 Å². The van der Waals surface area contributed by atoms with Crippen LogP contribution < -0.4 is 10.6 Å². The van der Waals surface area contributed by atoms with Crippen molar-refractivity contribution in [2.45, 2.75) is 43.9 Å². The van der Waals surface area contributed by atoms with Gasteiger partial charge in [0.05, 0.1) is 11.1 Å². The zero-order valence-electron chi connectivity index (χ0n) is 18.8. The zero-order chi connectivity index (χ0) is 22.4. The summed E-state index contributed by atoms with van der Waals surface area (Å²) >= 11 is 6.37. The quantitative estimate of drug-likeness (QED) is 0.544. The third-order valence-corrected chi connectivity index (χ3v) is 7.93. The molecule has 2 N–H and O–H groups in total. The Bertz CT molecular complexity index is 1190. The van der Waals surface area contributed by atoms with Gasteiger partial charge in [0.15, 0.2) is 5.78 Å². The van der Waals surface area contributed by atoms with Crippen molar-refractivity contribution in [1.29, 1.82) is 0 Å². The van der Waals surface area contributed by atoms with Crippen molar-refractivity contribution in [1.82, 2.24) is 15.2 Å². The minimum absolute atomic E-state index is 0.0469. The number of hydrogen-bond acceptors (Lipinski definition) is 4. The maximum Gasteiger partial charge on any atom is 0.198 e. The predicted octanol–water partition coefficient (Wildman–Crippen LogP) is 4.83. The zero-order valence-corrected chi connectivity index (χ0v) is 19.5. The Morgan fingerprint density at radius 1 is 1.12 bits per heavy atom. The van der Waals surface area contributed by atoms with Crippen LogP contribution in [0.4, 0.5) is 0 Å². The van der Waals surface area contributed by atoms with Crippen LogP contribution in [0.15, 0.2) is 48.7 Å². The van der Waals surface area contributed by atoms with E-state index in [2.05, 4.69) is 33.4 Å². The Balaban J connectivity index is 1.39. The lowest BCUT2D eigenvalue weighted by atomic mass is 9.84. The molecule has 6 rings (SSSR count). The molecule has 0 saturated carbocycles. The van der Waals surface area contributed by atoms with Crippen molar-refractivity contribution in [2.24, 2.45) is 5.92 Å². The van der Waals surface area contributed by atoms with E-state index in [0.29, 0.717) is 10.9 Å². The third kappa shape index (κ3) is 3.71. The maximum atomic E-state index is 14.0. The summed E-state index contributed by atoms with van der Waals surface area (Å²) in [7, 11) is 0. The minimum Gasteiger partial charge on any atom is -0.354 e. The summed E-state index contributed by atoms with van der Waals surface area (Å²) in [5.74, 6) is 0.600. The Morgan fingerprint density at radius 2 is 1.97 bits per heavy atom. The van der Waals surface area contributed by atoms with Gasteiger partial charge in [0.2, 0.25) is 0 Å². The summed E-state index contributed by atoms with van der Waals surface area (Å²) in [5.41, 5.74) is 3.61. The van der Waals surface area contributed by atoms with E-state index in [9.17, 15) is 4.79 Å². The SMILES string of the molecule is O=C(c1cn(C[C@H]2CCCNC2)c2cc(Cl)ccc12)[C@@H]1OC2(CCNCC2)c2ccccc21. The molecule has 0 unspecified atom stereocenters. The van der Waals surface area contributed by atoms with Crippen LogP contribution in [0.5, 0.6) is 0 Å². The highest BCUT2D eigenvalue weighted by Crippen LogP contribution is 2.49. The molecule has 1 aromatic heterocycles. The van der Waals surface area contributed by atoms with Crippen molar-refractivity contribution in [2.75, 3.05) is 26.2 Å². The van der Waals surface area contributed by atoms with Crippen LogP contribution in [-0.4, -0.2) is 36.5 Å². The molecule has 2 fully saturated rings. The average molecular weight is 464 g/mol. The molecule has 2 saturated heterocycles.